The number of amides is 1. The smallest absolute Gasteiger partial charge is 0.220 e. The Morgan fingerprint density at radius 3 is 2.78 bits per heavy atom. The zero-order valence-electron chi connectivity index (χ0n) is 15.2. The Kier molecular flexibility index (Phi) is 6.63. The molecule has 1 fully saturated rings. The lowest BCUT2D eigenvalue weighted by Gasteiger charge is -2.32. The Morgan fingerprint density at radius 1 is 1.35 bits per heavy atom. The van der Waals surface area contributed by atoms with E-state index >= 15 is 0 Å². The lowest BCUT2D eigenvalue weighted by molar-refractivity contribution is -0.121. The number of rotatable bonds is 7. The average Bonchev–Trinajstić information content (AvgIpc) is 2.81. The van der Waals surface area contributed by atoms with Gasteiger partial charge in [-0.05, 0) is 65.6 Å². The summed E-state index contributed by atoms with van der Waals surface area (Å²) < 4.78 is 2.03. The molecule has 0 bridgehead atoms. The van der Waals surface area contributed by atoms with Crippen molar-refractivity contribution in [1.82, 2.24) is 20.0 Å². The van der Waals surface area contributed by atoms with Crippen molar-refractivity contribution in [2.75, 3.05) is 20.1 Å². The number of hydrogen-bond donors (Lipinski definition) is 1. The summed E-state index contributed by atoms with van der Waals surface area (Å²) in [6, 6.07) is 0.585. The monoisotopic (exact) mass is 320 g/mol. The fraction of sp³-hybridized carbons (Fsp3) is 0.778. The molecule has 1 amide bonds. The zero-order valence-corrected chi connectivity index (χ0v) is 15.2. The van der Waals surface area contributed by atoms with Crippen LogP contribution in [0.3, 0.4) is 0 Å². The van der Waals surface area contributed by atoms with Gasteiger partial charge in [0.2, 0.25) is 5.91 Å². The second-order valence-corrected chi connectivity index (χ2v) is 6.73. The lowest BCUT2D eigenvalue weighted by atomic mass is 9.98. The fourth-order valence-electron chi connectivity index (χ4n) is 3.63. The molecule has 1 aliphatic heterocycles. The molecule has 1 saturated heterocycles. The highest BCUT2D eigenvalue weighted by Gasteiger charge is 2.19. The zero-order chi connectivity index (χ0) is 16.8. The maximum absolute atomic E-state index is 12.1. The molecule has 1 atom stereocenters. The van der Waals surface area contributed by atoms with Crippen molar-refractivity contribution in [2.45, 2.75) is 71.9 Å². The van der Waals surface area contributed by atoms with Gasteiger partial charge in [0.1, 0.15) is 0 Å². The van der Waals surface area contributed by atoms with E-state index in [2.05, 4.69) is 43.1 Å². The number of nitrogens with zero attached hydrogens (tertiary/aromatic N) is 3. The minimum atomic E-state index is 0.183. The Balaban J connectivity index is 1.71. The second kappa shape index (κ2) is 8.48. The summed E-state index contributed by atoms with van der Waals surface area (Å²) in [6.07, 6.45) is 6.32. The van der Waals surface area contributed by atoms with E-state index in [-0.39, 0.29) is 5.91 Å². The lowest BCUT2D eigenvalue weighted by Crippen LogP contribution is -2.37. The van der Waals surface area contributed by atoms with Gasteiger partial charge in [0, 0.05) is 31.2 Å². The highest BCUT2D eigenvalue weighted by atomic mass is 16.1. The van der Waals surface area contributed by atoms with Crippen LogP contribution >= 0.6 is 0 Å². The SMILES string of the molecule is CCn1nc(C)c(CCNC(=O)CC[C@H]2CCCCN2C)c1C. The molecule has 0 aromatic carbocycles. The van der Waals surface area contributed by atoms with Crippen LogP contribution in [0.4, 0.5) is 0 Å². The Morgan fingerprint density at radius 2 is 2.13 bits per heavy atom. The molecule has 1 aromatic rings. The Hall–Kier alpha value is -1.36. The molecule has 130 valence electrons. The van der Waals surface area contributed by atoms with Gasteiger partial charge in [0.15, 0.2) is 0 Å². The third-order valence-corrected chi connectivity index (χ3v) is 5.15. The summed E-state index contributed by atoms with van der Waals surface area (Å²) in [5, 5.41) is 7.60. The third-order valence-electron chi connectivity index (χ3n) is 5.15. The molecule has 0 radical (unpaired) electrons. The van der Waals surface area contributed by atoms with Crippen LogP contribution in [0.1, 0.15) is 56.0 Å². The van der Waals surface area contributed by atoms with E-state index in [0.29, 0.717) is 19.0 Å². The minimum Gasteiger partial charge on any atom is -0.356 e. The molecular weight excluding hydrogens is 288 g/mol. The van der Waals surface area contributed by atoms with Crippen LogP contribution in [0.25, 0.3) is 0 Å². The van der Waals surface area contributed by atoms with Crippen molar-refractivity contribution in [2.24, 2.45) is 0 Å². The molecule has 1 aliphatic rings. The number of likely N-dealkylation sites (tertiary alicyclic amines) is 1. The van der Waals surface area contributed by atoms with Crippen molar-refractivity contribution in [3.63, 3.8) is 0 Å². The third kappa shape index (κ3) is 4.80. The maximum atomic E-state index is 12.1. The van der Waals surface area contributed by atoms with Crippen LogP contribution in [0.5, 0.6) is 0 Å². The van der Waals surface area contributed by atoms with Gasteiger partial charge in [-0.25, -0.2) is 0 Å². The first-order valence-corrected chi connectivity index (χ1v) is 9.02. The summed E-state index contributed by atoms with van der Waals surface area (Å²) in [5.74, 6) is 0.183. The first-order valence-electron chi connectivity index (χ1n) is 9.02. The van der Waals surface area contributed by atoms with Gasteiger partial charge in [-0.3, -0.25) is 9.48 Å². The first kappa shape index (κ1) is 18.0. The summed E-state index contributed by atoms with van der Waals surface area (Å²) in [6.45, 7) is 9.04. The van der Waals surface area contributed by atoms with Crippen LogP contribution in [0.15, 0.2) is 0 Å². The average molecular weight is 320 g/mol. The summed E-state index contributed by atoms with van der Waals surface area (Å²) in [4.78, 5) is 14.5. The molecule has 1 aromatic heterocycles. The number of nitrogens with one attached hydrogen (secondary N) is 1. The van der Waals surface area contributed by atoms with Gasteiger partial charge in [-0.2, -0.15) is 5.10 Å². The highest BCUT2D eigenvalue weighted by Crippen LogP contribution is 2.19. The number of piperidine rings is 1. The quantitative estimate of drug-likeness (QED) is 0.839. The van der Waals surface area contributed by atoms with Crippen molar-refractivity contribution >= 4 is 5.91 Å². The van der Waals surface area contributed by atoms with E-state index in [1.165, 1.54) is 37.1 Å². The molecule has 5 nitrogen and oxygen atoms in total. The van der Waals surface area contributed by atoms with Crippen molar-refractivity contribution in [3.05, 3.63) is 17.0 Å². The molecule has 23 heavy (non-hydrogen) atoms. The second-order valence-electron chi connectivity index (χ2n) is 6.73. The predicted molar refractivity (Wildman–Crippen MR) is 93.6 cm³/mol. The van der Waals surface area contributed by atoms with Crippen LogP contribution in [0.2, 0.25) is 0 Å². The number of aryl methyl sites for hydroxylation is 2. The van der Waals surface area contributed by atoms with E-state index in [9.17, 15) is 4.79 Å². The van der Waals surface area contributed by atoms with Crippen molar-refractivity contribution in [1.29, 1.82) is 0 Å². The van der Waals surface area contributed by atoms with Gasteiger partial charge in [-0.15, -0.1) is 0 Å². The first-order chi connectivity index (χ1) is 11.0. The predicted octanol–water partition coefficient (Wildman–Crippen LogP) is 2.44. The molecule has 0 spiro atoms. The molecule has 0 saturated carbocycles. The Bertz CT molecular complexity index is 523. The van der Waals surface area contributed by atoms with Gasteiger partial charge in [-0.1, -0.05) is 6.42 Å². The maximum Gasteiger partial charge on any atom is 0.220 e. The molecule has 2 rings (SSSR count). The normalized spacial score (nSPS) is 19.0. The van der Waals surface area contributed by atoms with Gasteiger partial charge >= 0.3 is 0 Å². The van der Waals surface area contributed by atoms with E-state index in [4.69, 9.17) is 0 Å². The molecular formula is C18H32N4O. The Labute approximate surface area is 140 Å². The molecule has 5 heteroatoms. The van der Waals surface area contributed by atoms with E-state index in [1.807, 2.05) is 4.68 Å². The van der Waals surface area contributed by atoms with Gasteiger partial charge < -0.3 is 10.2 Å². The van der Waals surface area contributed by atoms with E-state index in [1.54, 1.807) is 0 Å². The summed E-state index contributed by atoms with van der Waals surface area (Å²) >= 11 is 0. The number of carbonyl (C=O) groups is 1. The standard InChI is InChI=1S/C18H32N4O/c1-5-22-15(3)17(14(2)20-22)11-12-19-18(23)10-9-16-8-6-7-13-21(16)4/h16H,5-13H2,1-4H3,(H,19,23)/t16-/m1/s1. The van der Waals surface area contributed by atoms with Gasteiger partial charge in [0.25, 0.3) is 0 Å². The number of carbonyl (C=O) groups excluding carboxylic acids is 1. The highest BCUT2D eigenvalue weighted by molar-refractivity contribution is 5.75. The summed E-state index contributed by atoms with van der Waals surface area (Å²) in [5.41, 5.74) is 3.59. The van der Waals surface area contributed by atoms with E-state index in [0.717, 1.165) is 25.1 Å². The van der Waals surface area contributed by atoms with Crippen LogP contribution < -0.4 is 5.32 Å². The van der Waals surface area contributed by atoms with E-state index < -0.39 is 0 Å². The molecule has 1 N–H and O–H groups in total. The van der Waals surface area contributed by atoms with Crippen molar-refractivity contribution in [3.8, 4) is 0 Å². The number of hydrogen-bond acceptors (Lipinski definition) is 3. The van der Waals surface area contributed by atoms with Crippen LogP contribution in [-0.2, 0) is 17.8 Å². The van der Waals surface area contributed by atoms with Crippen LogP contribution in [-0.4, -0.2) is 46.8 Å². The largest absolute Gasteiger partial charge is 0.356 e. The molecule has 2 heterocycles. The number of aromatic nitrogens is 2. The minimum absolute atomic E-state index is 0.183. The topological polar surface area (TPSA) is 50.2 Å². The van der Waals surface area contributed by atoms with Crippen LogP contribution in [0, 0.1) is 13.8 Å². The molecule has 0 unspecified atom stereocenters. The molecule has 0 aliphatic carbocycles. The fourth-order valence-corrected chi connectivity index (χ4v) is 3.63. The van der Waals surface area contributed by atoms with Crippen molar-refractivity contribution < 1.29 is 4.79 Å². The summed E-state index contributed by atoms with van der Waals surface area (Å²) in [7, 11) is 2.18. The van der Waals surface area contributed by atoms with Gasteiger partial charge in [0.05, 0.1) is 5.69 Å².